The van der Waals surface area contributed by atoms with Crippen LogP contribution in [0.25, 0.3) is 0 Å². The number of hydrogen-bond acceptors (Lipinski definition) is 3. The van der Waals surface area contributed by atoms with Gasteiger partial charge in [-0.3, -0.25) is 4.79 Å². The average Bonchev–Trinajstić information content (AvgIpc) is 2.33. The minimum absolute atomic E-state index is 0.101. The molecule has 0 bridgehead atoms. The number of halogens is 2. The fourth-order valence-electron chi connectivity index (χ4n) is 1.55. The summed E-state index contributed by atoms with van der Waals surface area (Å²) in [6.07, 6.45) is 0.774. The van der Waals surface area contributed by atoms with Crippen LogP contribution < -0.4 is 11.1 Å². The lowest BCUT2D eigenvalue weighted by molar-refractivity contribution is 0.0935. The number of thioether (sulfide) groups is 1. The van der Waals surface area contributed by atoms with Crippen LogP contribution in [0, 0.1) is 11.6 Å². The van der Waals surface area contributed by atoms with Crippen LogP contribution >= 0.6 is 11.8 Å². The van der Waals surface area contributed by atoms with Crippen LogP contribution in [0.2, 0.25) is 0 Å². The van der Waals surface area contributed by atoms with Crippen molar-refractivity contribution in [1.29, 1.82) is 0 Å². The molecule has 1 atom stereocenters. The van der Waals surface area contributed by atoms with Crippen molar-refractivity contribution in [3.05, 3.63) is 29.3 Å². The Labute approximate surface area is 115 Å². The molecule has 0 heterocycles. The molecule has 0 fully saturated rings. The normalized spacial score (nSPS) is 12.2. The number of rotatable bonds is 6. The van der Waals surface area contributed by atoms with Crippen molar-refractivity contribution < 1.29 is 13.6 Å². The summed E-state index contributed by atoms with van der Waals surface area (Å²) in [5, 5.41) is 2.64. The first-order chi connectivity index (χ1) is 8.95. The molecule has 0 radical (unpaired) electrons. The number of nitrogen functional groups attached to an aromatic ring is 1. The van der Waals surface area contributed by atoms with E-state index in [0.29, 0.717) is 0 Å². The number of amides is 1. The van der Waals surface area contributed by atoms with Crippen LogP contribution in [0.1, 0.15) is 30.6 Å². The number of nitrogens with two attached hydrogens (primary N) is 1. The topological polar surface area (TPSA) is 55.1 Å². The summed E-state index contributed by atoms with van der Waals surface area (Å²) in [5.74, 6) is -0.327. The van der Waals surface area contributed by atoms with E-state index in [4.69, 9.17) is 5.73 Å². The maximum absolute atomic E-state index is 13.6. The van der Waals surface area contributed by atoms with E-state index in [1.54, 1.807) is 11.8 Å². The van der Waals surface area contributed by atoms with Crippen LogP contribution in [-0.4, -0.2) is 23.5 Å². The van der Waals surface area contributed by atoms with Crippen LogP contribution in [0.5, 0.6) is 0 Å². The Balaban J connectivity index is 2.68. The van der Waals surface area contributed by atoms with Crippen molar-refractivity contribution in [3.8, 4) is 0 Å². The van der Waals surface area contributed by atoms with E-state index in [1.165, 1.54) is 0 Å². The molecule has 3 nitrogen and oxygen atoms in total. The molecule has 0 saturated heterocycles. The van der Waals surface area contributed by atoms with Crippen molar-refractivity contribution in [2.75, 3.05) is 17.2 Å². The van der Waals surface area contributed by atoms with Gasteiger partial charge in [0.1, 0.15) is 5.82 Å². The van der Waals surface area contributed by atoms with Crippen molar-refractivity contribution >= 4 is 23.4 Å². The summed E-state index contributed by atoms with van der Waals surface area (Å²) in [5.41, 5.74) is 4.57. The monoisotopic (exact) mass is 288 g/mol. The molecular formula is C13H18F2N2OS. The Hall–Kier alpha value is -1.30. The van der Waals surface area contributed by atoms with Crippen molar-refractivity contribution in [2.24, 2.45) is 0 Å². The molecule has 1 aromatic carbocycles. The van der Waals surface area contributed by atoms with Crippen molar-refractivity contribution in [1.82, 2.24) is 5.32 Å². The molecule has 0 saturated carbocycles. The number of nitrogens with one attached hydrogen (secondary N) is 1. The number of hydrogen-bond donors (Lipinski definition) is 2. The molecule has 0 aliphatic rings. The lowest BCUT2D eigenvalue weighted by Crippen LogP contribution is -2.33. The molecule has 106 valence electrons. The molecule has 0 spiro atoms. The Morgan fingerprint density at radius 3 is 2.79 bits per heavy atom. The van der Waals surface area contributed by atoms with E-state index in [1.807, 2.05) is 6.92 Å². The molecule has 19 heavy (non-hydrogen) atoms. The van der Waals surface area contributed by atoms with Crippen LogP contribution in [0.15, 0.2) is 12.1 Å². The quantitative estimate of drug-likeness (QED) is 0.625. The molecule has 3 N–H and O–H groups in total. The Bertz CT molecular complexity index is 455. The van der Waals surface area contributed by atoms with E-state index < -0.39 is 17.5 Å². The zero-order valence-corrected chi connectivity index (χ0v) is 11.8. The van der Waals surface area contributed by atoms with Gasteiger partial charge in [0, 0.05) is 6.04 Å². The zero-order chi connectivity index (χ0) is 14.4. The molecule has 1 amide bonds. The maximum atomic E-state index is 13.6. The van der Waals surface area contributed by atoms with Crippen LogP contribution in [0.4, 0.5) is 14.5 Å². The lowest BCUT2D eigenvalue weighted by Gasteiger charge is -2.14. The Kier molecular flexibility index (Phi) is 6.08. The summed E-state index contributed by atoms with van der Waals surface area (Å²) in [6, 6.07) is 1.61. The van der Waals surface area contributed by atoms with Gasteiger partial charge in [-0.05, 0) is 37.0 Å². The van der Waals surface area contributed by atoms with Gasteiger partial charge in [0.25, 0.3) is 5.91 Å². The van der Waals surface area contributed by atoms with Crippen molar-refractivity contribution in [3.63, 3.8) is 0 Å². The lowest BCUT2D eigenvalue weighted by atomic mass is 10.1. The molecule has 0 aliphatic carbocycles. The van der Waals surface area contributed by atoms with Crippen LogP contribution in [0.3, 0.4) is 0 Å². The fourth-order valence-corrected chi connectivity index (χ4v) is 2.36. The number of benzene rings is 1. The van der Waals surface area contributed by atoms with E-state index in [-0.39, 0.29) is 17.3 Å². The average molecular weight is 288 g/mol. The van der Waals surface area contributed by atoms with Gasteiger partial charge in [-0.2, -0.15) is 11.8 Å². The zero-order valence-electron chi connectivity index (χ0n) is 11.0. The first kappa shape index (κ1) is 15.8. The highest BCUT2D eigenvalue weighted by atomic mass is 32.2. The summed E-state index contributed by atoms with van der Waals surface area (Å²) in [7, 11) is 0. The summed E-state index contributed by atoms with van der Waals surface area (Å²) in [6.45, 7) is 3.88. The second kappa shape index (κ2) is 7.33. The third-order valence-electron chi connectivity index (χ3n) is 2.59. The molecule has 1 unspecified atom stereocenters. The minimum atomic E-state index is -0.881. The number of anilines is 1. The largest absolute Gasteiger partial charge is 0.396 e. The van der Waals surface area contributed by atoms with Crippen molar-refractivity contribution in [2.45, 2.75) is 26.3 Å². The highest BCUT2D eigenvalue weighted by Crippen LogP contribution is 2.17. The van der Waals surface area contributed by atoms with Crippen LogP contribution in [-0.2, 0) is 0 Å². The highest BCUT2D eigenvalue weighted by molar-refractivity contribution is 7.99. The first-order valence-corrected chi connectivity index (χ1v) is 7.24. The standard InChI is InChI=1S/C13H18F2N2OS/c1-3-19-5-4-8(2)17-13(18)10-6-9(14)7-11(16)12(10)15/h6-8H,3-5,16H2,1-2H3,(H,17,18). The molecule has 0 aliphatic heterocycles. The molecule has 0 aromatic heterocycles. The van der Waals surface area contributed by atoms with Gasteiger partial charge < -0.3 is 11.1 Å². The Morgan fingerprint density at radius 1 is 1.47 bits per heavy atom. The predicted molar refractivity (Wildman–Crippen MR) is 75.3 cm³/mol. The third-order valence-corrected chi connectivity index (χ3v) is 3.52. The number of carbonyl (C=O) groups is 1. The third kappa shape index (κ3) is 4.70. The summed E-state index contributed by atoms with van der Waals surface area (Å²) < 4.78 is 26.8. The predicted octanol–water partition coefficient (Wildman–Crippen LogP) is 2.81. The van der Waals surface area contributed by atoms with Gasteiger partial charge in [0.2, 0.25) is 0 Å². The summed E-state index contributed by atoms with van der Waals surface area (Å²) >= 11 is 1.76. The van der Waals surface area contributed by atoms with E-state index >= 15 is 0 Å². The molecule has 1 aromatic rings. The first-order valence-electron chi connectivity index (χ1n) is 6.08. The molecule has 1 rings (SSSR count). The smallest absolute Gasteiger partial charge is 0.254 e. The van der Waals surface area contributed by atoms with Gasteiger partial charge in [-0.25, -0.2) is 8.78 Å². The summed E-state index contributed by atoms with van der Waals surface area (Å²) in [4.78, 5) is 11.8. The second-order valence-corrected chi connectivity index (χ2v) is 5.61. The van der Waals surface area contributed by atoms with Gasteiger partial charge in [0.05, 0.1) is 11.3 Å². The van der Waals surface area contributed by atoms with E-state index in [9.17, 15) is 13.6 Å². The van der Waals surface area contributed by atoms with Gasteiger partial charge >= 0.3 is 0 Å². The minimum Gasteiger partial charge on any atom is -0.396 e. The fraction of sp³-hybridized carbons (Fsp3) is 0.462. The highest BCUT2D eigenvalue weighted by Gasteiger charge is 2.17. The molecule has 6 heteroatoms. The molecular weight excluding hydrogens is 270 g/mol. The SMILES string of the molecule is CCSCCC(C)NC(=O)c1cc(F)cc(N)c1F. The second-order valence-electron chi connectivity index (χ2n) is 4.22. The van der Waals surface area contributed by atoms with E-state index in [2.05, 4.69) is 12.2 Å². The maximum Gasteiger partial charge on any atom is 0.254 e. The Morgan fingerprint density at radius 2 is 2.16 bits per heavy atom. The van der Waals surface area contributed by atoms with E-state index in [0.717, 1.165) is 30.1 Å². The number of carbonyl (C=O) groups excluding carboxylic acids is 1. The van der Waals surface area contributed by atoms with Gasteiger partial charge in [0.15, 0.2) is 5.82 Å². The van der Waals surface area contributed by atoms with Gasteiger partial charge in [-0.15, -0.1) is 0 Å². The van der Waals surface area contributed by atoms with Gasteiger partial charge in [-0.1, -0.05) is 6.92 Å².